The van der Waals surface area contributed by atoms with Crippen molar-refractivity contribution in [2.45, 2.75) is 77.0 Å². The zero-order valence-electron chi connectivity index (χ0n) is 28.0. The van der Waals surface area contributed by atoms with Gasteiger partial charge in [-0.1, -0.05) is 99.5 Å². The van der Waals surface area contributed by atoms with Gasteiger partial charge in [-0.2, -0.15) is 0 Å². The Labute approximate surface area is 283 Å². The van der Waals surface area contributed by atoms with Crippen LogP contribution in [0, 0.1) is 5.92 Å². The quantitative estimate of drug-likeness (QED) is 0.106. The number of benzene rings is 3. The van der Waals surface area contributed by atoms with Crippen LogP contribution in [0.4, 0.5) is 9.59 Å². The van der Waals surface area contributed by atoms with Crippen molar-refractivity contribution in [2.75, 3.05) is 13.1 Å². The summed E-state index contributed by atoms with van der Waals surface area (Å²) >= 11 is 0. The van der Waals surface area contributed by atoms with Crippen LogP contribution in [0.25, 0.3) is 0 Å². The molecule has 0 saturated carbocycles. The predicted molar refractivity (Wildman–Crippen MR) is 185 cm³/mol. The number of ether oxygens (including phenoxy) is 1. The van der Waals surface area contributed by atoms with Gasteiger partial charge in [-0.15, -0.1) is 0 Å². The summed E-state index contributed by atoms with van der Waals surface area (Å²) in [6.07, 6.45) is 2.17. The third-order valence-corrected chi connectivity index (χ3v) is 7.95. The molecule has 11 nitrogen and oxygen atoms in total. The Balaban J connectivity index is 1.76. The molecule has 3 aromatic carbocycles. The van der Waals surface area contributed by atoms with Crippen molar-refractivity contribution in [3.8, 4) is 5.75 Å². The lowest BCUT2D eigenvalue weighted by Gasteiger charge is -2.32. The molecule has 0 bridgehead atoms. The first kappa shape index (κ1) is 37.4. The molecule has 0 aliphatic rings. The lowest BCUT2D eigenvalue weighted by molar-refractivity contribution is -0.132. The summed E-state index contributed by atoms with van der Waals surface area (Å²) in [5, 5.41) is 21.0. The van der Waals surface area contributed by atoms with Gasteiger partial charge in [0.15, 0.2) is 0 Å². The van der Waals surface area contributed by atoms with Gasteiger partial charge in [-0.25, -0.2) is 9.59 Å². The largest absolute Gasteiger partial charge is 0.508 e. The molecule has 48 heavy (non-hydrogen) atoms. The highest BCUT2D eigenvalue weighted by Gasteiger charge is 2.39. The maximum Gasteiger partial charge on any atom is 0.408 e. The zero-order valence-corrected chi connectivity index (χ0v) is 28.0. The van der Waals surface area contributed by atoms with Crippen molar-refractivity contribution in [2.24, 2.45) is 11.7 Å². The van der Waals surface area contributed by atoms with E-state index in [1.165, 1.54) is 12.1 Å². The number of primary amides is 1. The molecule has 0 aliphatic carbocycles. The number of rotatable bonds is 18. The number of aromatic hydroxyl groups is 1. The minimum atomic E-state index is -1.48. The summed E-state index contributed by atoms with van der Waals surface area (Å²) in [4.78, 5) is 51.9. The van der Waals surface area contributed by atoms with Gasteiger partial charge >= 0.3 is 12.1 Å². The number of carbonyl (C=O) groups is 4. The highest BCUT2D eigenvalue weighted by atomic mass is 16.6. The standard InChI is InChI=1S/C37H49N5O6/c1-26(2)32(29-16-10-7-11-17-29)48-36(47)42-37(3,25-28-14-8-6-9-15-28)34(45)41-31(24-27-18-20-30(43)21-19-27)33(44)39-22-12-4-5-13-23-40-35(38)46/h6-11,14-21,26,31-32,43H,4-5,12-13,22-25H2,1-3H3,(H,39,44)(H,41,45)(H,42,47)(H3,38,40,46). The van der Waals surface area contributed by atoms with E-state index < -0.39 is 35.7 Å². The fourth-order valence-electron chi connectivity index (χ4n) is 5.33. The number of hydrogen-bond acceptors (Lipinski definition) is 6. The van der Waals surface area contributed by atoms with Gasteiger partial charge in [0.25, 0.3) is 0 Å². The molecule has 0 saturated heterocycles. The minimum absolute atomic E-state index is 0.0300. The highest BCUT2D eigenvalue weighted by Crippen LogP contribution is 2.26. The van der Waals surface area contributed by atoms with Crippen molar-refractivity contribution in [3.63, 3.8) is 0 Å². The molecule has 0 spiro atoms. The average Bonchev–Trinajstić information content (AvgIpc) is 3.05. The number of hydrogen-bond donors (Lipinski definition) is 6. The van der Waals surface area contributed by atoms with Crippen LogP contribution in [0.5, 0.6) is 5.75 Å². The number of urea groups is 1. The molecule has 3 aromatic rings. The van der Waals surface area contributed by atoms with Gasteiger partial charge in [0, 0.05) is 25.9 Å². The first-order chi connectivity index (χ1) is 23.0. The Kier molecular flexibility index (Phi) is 14.7. The van der Waals surface area contributed by atoms with Crippen LogP contribution >= 0.6 is 0 Å². The van der Waals surface area contributed by atoms with Gasteiger partial charge in [-0.3, -0.25) is 9.59 Å². The van der Waals surface area contributed by atoms with Crippen LogP contribution in [-0.2, 0) is 27.2 Å². The third kappa shape index (κ3) is 12.6. The van der Waals surface area contributed by atoms with E-state index in [1.54, 1.807) is 19.1 Å². The zero-order chi connectivity index (χ0) is 34.9. The Morgan fingerprint density at radius 1 is 0.792 bits per heavy atom. The first-order valence-corrected chi connectivity index (χ1v) is 16.4. The molecule has 3 unspecified atom stereocenters. The lowest BCUT2D eigenvalue weighted by atomic mass is 9.91. The Bertz CT molecular complexity index is 1450. The highest BCUT2D eigenvalue weighted by molar-refractivity contribution is 5.94. The minimum Gasteiger partial charge on any atom is -0.508 e. The number of unbranched alkanes of at least 4 members (excludes halogenated alkanes) is 3. The van der Waals surface area contributed by atoms with Crippen molar-refractivity contribution in [1.29, 1.82) is 0 Å². The molecule has 0 fully saturated rings. The lowest BCUT2D eigenvalue weighted by Crippen LogP contribution is -2.62. The van der Waals surface area contributed by atoms with E-state index in [2.05, 4.69) is 21.3 Å². The van der Waals surface area contributed by atoms with E-state index in [4.69, 9.17) is 10.5 Å². The molecule has 0 aromatic heterocycles. The summed E-state index contributed by atoms with van der Waals surface area (Å²) in [5.41, 5.74) is 5.98. The van der Waals surface area contributed by atoms with Crippen molar-refractivity contribution < 1.29 is 29.0 Å². The number of amides is 5. The molecular weight excluding hydrogens is 610 g/mol. The third-order valence-electron chi connectivity index (χ3n) is 7.95. The van der Waals surface area contributed by atoms with Gasteiger partial charge < -0.3 is 36.8 Å². The summed E-state index contributed by atoms with van der Waals surface area (Å²) in [7, 11) is 0. The Hall–Kier alpha value is -5.06. The summed E-state index contributed by atoms with van der Waals surface area (Å²) in [6.45, 7) is 6.41. The van der Waals surface area contributed by atoms with Crippen molar-refractivity contribution >= 4 is 23.9 Å². The number of phenols is 1. The van der Waals surface area contributed by atoms with E-state index >= 15 is 0 Å². The molecule has 258 valence electrons. The number of nitrogens with two attached hydrogens (primary N) is 1. The van der Waals surface area contributed by atoms with E-state index in [0.717, 1.165) is 36.0 Å². The molecule has 3 atom stereocenters. The van der Waals surface area contributed by atoms with E-state index in [9.17, 15) is 24.3 Å². The number of phenolic OH excluding ortho intramolecular Hbond substituents is 1. The molecular formula is C37H49N5O6. The summed E-state index contributed by atoms with van der Waals surface area (Å²) in [5.74, 6) is -0.869. The fraction of sp³-hybridized carbons (Fsp3) is 0.405. The van der Waals surface area contributed by atoms with Gasteiger partial charge in [-0.05, 0) is 54.5 Å². The molecule has 0 aliphatic heterocycles. The van der Waals surface area contributed by atoms with Gasteiger partial charge in [0.2, 0.25) is 11.8 Å². The van der Waals surface area contributed by atoms with Crippen LogP contribution in [0.2, 0.25) is 0 Å². The summed E-state index contributed by atoms with van der Waals surface area (Å²) < 4.78 is 5.89. The Morgan fingerprint density at radius 3 is 1.96 bits per heavy atom. The normalized spacial score (nSPS) is 13.4. The first-order valence-electron chi connectivity index (χ1n) is 16.4. The smallest absolute Gasteiger partial charge is 0.408 e. The SMILES string of the molecule is CC(C)C(OC(=O)NC(C)(Cc1ccccc1)C(=O)NC(Cc1ccc(O)cc1)C(=O)NCCCCCCNC(N)=O)c1ccccc1. The average molecular weight is 660 g/mol. The second kappa shape index (κ2) is 18.9. The maximum absolute atomic E-state index is 14.1. The topological polar surface area (TPSA) is 172 Å². The molecule has 11 heteroatoms. The monoisotopic (exact) mass is 659 g/mol. The van der Waals surface area contributed by atoms with Crippen LogP contribution in [-0.4, -0.2) is 53.7 Å². The van der Waals surface area contributed by atoms with E-state index in [0.29, 0.717) is 19.5 Å². The van der Waals surface area contributed by atoms with Crippen molar-refractivity contribution in [3.05, 3.63) is 102 Å². The molecule has 0 heterocycles. The maximum atomic E-state index is 14.1. The number of alkyl carbamates (subject to hydrolysis) is 1. The summed E-state index contributed by atoms with van der Waals surface area (Å²) in [6, 6.07) is 23.6. The van der Waals surface area contributed by atoms with Crippen LogP contribution in [0.15, 0.2) is 84.9 Å². The van der Waals surface area contributed by atoms with Crippen molar-refractivity contribution in [1.82, 2.24) is 21.3 Å². The van der Waals surface area contributed by atoms with Crippen LogP contribution in [0.1, 0.15) is 69.2 Å². The van der Waals surface area contributed by atoms with Crippen LogP contribution in [0.3, 0.4) is 0 Å². The number of carbonyl (C=O) groups excluding carboxylic acids is 4. The van der Waals surface area contributed by atoms with Gasteiger partial charge in [0.05, 0.1) is 0 Å². The van der Waals surface area contributed by atoms with Gasteiger partial charge in [0.1, 0.15) is 23.4 Å². The molecule has 0 radical (unpaired) electrons. The fourth-order valence-corrected chi connectivity index (χ4v) is 5.33. The molecule has 5 amide bonds. The van der Waals surface area contributed by atoms with E-state index in [-0.39, 0.29) is 30.4 Å². The van der Waals surface area contributed by atoms with E-state index in [1.807, 2.05) is 74.5 Å². The second-order valence-electron chi connectivity index (χ2n) is 12.5. The number of nitrogens with one attached hydrogen (secondary N) is 4. The predicted octanol–water partition coefficient (Wildman–Crippen LogP) is 4.89. The molecule has 7 N–H and O–H groups in total. The second-order valence-corrected chi connectivity index (χ2v) is 12.5. The Morgan fingerprint density at radius 2 is 1.38 bits per heavy atom. The van der Waals surface area contributed by atoms with Crippen LogP contribution < -0.4 is 27.0 Å². The molecule has 3 rings (SSSR count).